The second-order valence-electron chi connectivity index (χ2n) is 4.94. The van der Waals surface area contributed by atoms with Crippen LogP contribution in [0.1, 0.15) is 26.3 Å². The molecule has 1 aliphatic heterocycles. The molecule has 0 amide bonds. The van der Waals surface area contributed by atoms with Gasteiger partial charge in [0, 0.05) is 5.56 Å². The van der Waals surface area contributed by atoms with Crippen molar-refractivity contribution in [2.75, 3.05) is 14.1 Å². The van der Waals surface area contributed by atoms with Crippen LogP contribution in [0.3, 0.4) is 0 Å². The summed E-state index contributed by atoms with van der Waals surface area (Å²) in [5.74, 6) is 0.300. The van der Waals surface area contributed by atoms with Crippen LogP contribution >= 0.6 is 11.8 Å². The minimum Gasteiger partial charge on any atom is -0.507 e. The number of benzene rings is 1. The summed E-state index contributed by atoms with van der Waals surface area (Å²) < 4.78 is 0. The highest BCUT2D eigenvalue weighted by Gasteiger charge is 2.39. The van der Waals surface area contributed by atoms with Gasteiger partial charge in [0.05, 0.1) is 10.8 Å². The minimum absolute atomic E-state index is 0.170. The molecule has 1 aromatic carbocycles. The smallest absolute Gasteiger partial charge is 0.125 e. The first-order valence-electron chi connectivity index (χ1n) is 7.60. The largest absolute Gasteiger partial charge is 0.507 e. The van der Waals surface area contributed by atoms with Crippen LogP contribution in [0.2, 0.25) is 0 Å². The van der Waals surface area contributed by atoms with Crippen molar-refractivity contribution in [1.29, 1.82) is 0 Å². The Hall–Kier alpha value is -1.52. The molecule has 0 spiro atoms. The average molecular weight is 318 g/mol. The Labute approximate surface area is 138 Å². The monoisotopic (exact) mass is 318 g/mol. The molecule has 1 aromatic rings. The van der Waals surface area contributed by atoms with Crippen molar-refractivity contribution in [2.45, 2.75) is 31.6 Å². The number of phenols is 1. The lowest BCUT2D eigenvalue weighted by atomic mass is 9.94. The summed E-state index contributed by atoms with van der Waals surface area (Å²) in [4.78, 5) is 4.75. The van der Waals surface area contributed by atoms with Crippen LogP contribution in [0.4, 0.5) is 0 Å². The van der Waals surface area contributed by atoms with Gasteiger partial charge in [-0.2, -0.15) is 0 Å². The molecule has 4 heteroatoms. The van der Waals surface area contributed by atoms with Gasteiger partial charge in [0.15, 0.2) is 0 Å². The van der Waals surface area contributed by atoms with Gasteiger partial charge < -0.3 is 10.4 Å². The van der Waals surface area contributed by atoms with Crippen LogP contribution < -0.4 is 5.32 Å². The first kappa shape index (κ1) is 18.5. The summed E-state index contributed by atoms with van der Waals surface area (Å²) in [6, 6.07) is 7.37. The third-order valence-electron chi connectivity index (χ3n) is 3.12. The van der Waals surface area contributed by atoms with Crippen LogP contribution in [0, 0.1) is 0 Å². The number of fused-ring (bicyclic) bond motifs is 1. The van der Waals surface area contributed by atoms with Crippen molar-refractivity contribution < 1.29 is 5.11 Å². The molecular formula is C18H26N2OS. The van der Waals surface area contributed by atoms with E-state index < -0.39 is 0 Å². The molecule has 0 saturated heterocycles. The van der Waals surface area contributed by atoms with E-state index in [1.807, 2.05) is 52.2 Å². The molecule has 0 radical (unpaired) electrons. The van der Waals surface area contributed by atoms with Crippen molar-refractivity contribution in [2.24, 2.45) is 4.99 Å². The lowest BCUT2D eigenvalue weighted by Gasteiger charge is -2.23. The highest BCUT2D eigenvalue weighted by Crippen LogP contribution is 2.42. The third kappa shape index (κ3) is 4.24. The second kappa shape index (κ2) is 8.81. The average Bonchev–Trinajstić information content (AvgIpc) is 2.87. The van der Waals surface area contributed by atoms with Crippen LogP contribution in [-0.2, 0) is 0 Å². The van der Waals surface area contributed by atoms with Crippen molar-refractivity contribution in [3.8, 4) is 5.75 Å². The third-order valence-corrected chi connectivity index (χ3v) is 4.54. The molecule has 0 saturated carbocycles. The van der Waals surface area contributed by atoms with Gasteiger partial charge in [-0.25, -0.2) is 0 Å². The topological polar surface area (TPSA) is 44.6 Å². The molecule has 1 aliphatic carbocycles. The Balaban J connectivity index is 0.000000435. The number of aromatic hydroxyl groups is 1. The Bertz CT molecular complexity index is 566. The van der Waals surface area contributed by atoms with Crippen LogP contribution in [0.25, 0.3) is 0 Å². The molecule has 120 valence electrons. The molecule has 22 heavy (non-hydrogen) atoms. The number of nitrogens with zero attached hydrogens (tertiary/aromatic N) is 1. The summed E-state index contributed by atoms with van der Waals surface area (Å²) in [6.45, 7) is 6.12. The Morgan fingerprint density at radius 3 is 2.41 bits per heavy atom. The number of thioether (sulfide) groups is 1. The maximum Gasteiger partial charge on any atom is 0.125 e. The number of allylic oxidation sites excluding steroid dienone is 2. The SMILES string of the molecule is CC.CC12C=CC=CC1SC(c1ccccc1O)=N2.CNC. The maximum absolute atomic E-state index is 9.86. The summed E-state index contributed by atoms with van der Waals surface area (Å²) in [5.41, 5.74) is 0.659. The molecule has 1 heterocycles. The van der Waals surface area contributed by atoms with E-state index in [2.05, 4.69) is 30.5 Å². The van der Waals surface area contributed by atoms with Crippen molar-refractivity contribution in [1.82, 2.24) is 5.32 Å². The fraction of sp³-hybridized carbons (Fsp3) is 0.389. The Kier molecular flexibility index (Phi) is 7.42. The quantitative estimate of drug-likeness (QED) is 0.822. The predicted molar refractivity (Wildman–Crippen MR) is 99.0 cm³/mol. The van der Waals surface area contributed by atoms with Crippen LogP contribution in [-0.4, -0.2) is 35.0 Å². The summed E-state index contributed by atoms with van der Waals surface area (Å²) in [6.07, 6.45) is 8.38. The van der Waals surface area contributed by atoms with Gasteiger partial charge in [0.1, 0.15) is 10.8 Å². The van der Waals surface area contributed by atoms with E-state index in [0.29, 0.717) is 11.0 Å². The van der Waals surface area contributed by atoms with Gasteiger partial charge in [-0.3, -0.25) is 4.99 Å². The molecule has 0 aromatic heterocycles. The minimum atomic E-state index is -0.170. The van der Waals surface area contributed by atoms with Gasteiger partial charge in [-0.1, -0.05) is 62.0 Å². The molecule has 3 nitrogen and oxygen atoms in total. The molecule has 0 fully saturated rings. The number of aliphatic imine (C=N–C) groups is 1. The van der Waals surface area contributed by atoms with E-state index in [0.717, 1.165) is 10.6 Å². The predicted octanol–water partition coefficient (Wildman–Crippen LogP) is 4.00. The molecule has 3 rings (SSSR count). The first-order chi connectivity index (χ1) is 10.6. The summed E-state index contributed by atoms with van der Waals surface area (Å²) in [5, 5.41) is 13.9. The highest BCUT2D eigenvalue weighted by molar-refractivity contribution is 8.15. The number of nitrogens with one attached hydrogen (secondary N) is 1. The second-order valence-corrected chi connectivity index (χ2v) is 6.07. The van der Waals surface area contributed by atoms with Crippen molar-refractivity contribution >= 4 is 16.8 Å². The highest BCUT2D eigenvalue weighted by atomic mass is 32.2. The number of phenolic OH excluding ortho intramolecular Hbond substituents is 1. The zero-order valence-corrected chi connectivity index (χ0v) is 14.8. The molecule has 2 unspecified atom stereocenters. The number of rotatable bonds is 1. The molecule has 0 bridgehead atoms. The normalized spacial score (nSPS) is 24.4. The van der Waals surface area contributed by atoms with E-state index in [9.17, 15) is 5.11 Å². The number of hydrogen-bond acceptors (Lipinski definition) is 4. The fourth-order valence-corrected chi connectivity index (χ4v) is 3.44. The van der Waals surface area contributed by atoms with Crippen LogP contribution in [0.5, 0.6) is 5.75 Å². The van der Waals surface area contributed by atoms with Crippen LogP contribution in [0.15, 0.2) is 53.6 Å². The molecule has 2 N–H and O–H groups in total. The lowest BCUT2D eigenvalue weighted by Crippen LogP contribution is -2.29. The maximum atomic E-state index is 9.86. The molecular weight excluding hydrogens is 292 g/mol. The van der Waals surface area contributed by atoms with E-state index in [-0.39, 0.29) is 5.54 Å². The van der Waals surface area contributed by atoms with Gasteiger partial charge in [0.2, 0.25) is 0 Å². The fourth-order valence-electron chi connectivity index (χ4n) is 2.11. The zero-order chi connectivity index (χ0) is 16.6. The van der Waals surface area contributed by atoms with Gasteiger partial charge in [0.25, 0.3) is 0 Å². The van der Waals surface area contributed by atoms with Gasteiger partial charge in [-0.05, 0) is 33.2 Å². The van der Waals surface area contributed by atoms with Gasteiger partial charge in [-0.15, -0.1) is 0 Å². The van der Waals surface area contributed by atoms with Gasteiger partial charge >= 0.3 is 0 Å². The molecule has 2 atom stereocenters. The first-order valence-corrected chi connectivity index (χ1v) is 8.48. The standard InChI is InChI=1S/C14H13NOS.C2H7N.C2H6/c1-14-9-5-4-8-12(14)17-13(15-14)10-6-2-3-7-11(10)16;1-3-2;1-2/h2-9,12,16H,1H3;3H,1-2H3;1-2H3. The molecule has 2 aliphatic rings. The summed E-state index contributed by atoms with van der Waals surface area (Å²) >= 11 is 1.71. The van der Waals surface area contributed by atoms with E-state index >= 15 is 0 Å². The number of hydrogen-bond donors (Lipinski definition) is 2. The van der Waals surface area contributed by atoms with Crippen molar-refractivity contribution in [3.05, 3.63) is 54.1 Å². The summed E-state index contributed by atoms with van der Waals surface area (Å²) in [7, 11) is 3.75. The Morgan fingerprint density at radius 1 is 1.18 bits per heavy atom. The van der Waals surface area contributed by atoms with E-state index in [1.165, 1.54) is 0 Å². The van der Waals surface area contributed by atoms with Crippen molar-refractivity contribution in [3.63, 3.8) is 0 Å². The Morgan fingerprint density at radius 2 is 1.82 bits per heavy atom. The van der Waals surface area contributed by atoms with E-state index in [4.69, 9.17) is 4.99 Å². The lowest BCUT2D eigenvalue weighted by molar-refractivity contribution is 0.474. The van der Waals surface area contributed by atoms with E-state index in [1.54, 1.807) is 17.8 Å². The zero-order valence-electron chi connectivity index (χ0n) is 14.0. The number of para-hydroxylation sites is 1.